The molecule has 2 heterocycles. The lowest BCUT2D eigenvalue weighted by Gasteiger charge is -2.17. The lowest BCUT2D eigenvalue weighted by molar-refractivity contribution is 0.103. The van der Waals surface area contributed by atoms with Crippen molar-refractivity contribution >= 4 is 32.8 Å². The number of carbonyl (C=O) groups excluding carboxylic acids is 1. The predicted octanol–water partition coefficient (Wildman–Crippen LogP) is 3.30. The molecule has 1 aliphatic rings. The number of aryl methyl sites for hydroxylation is 1. The highest BCUT2D eigenvalue weighted by Gasteiger charge is 2.24. The number of halogens is 1. The Morgan fingerprint density at radius 1 is 1.31 bits per heavy atom. The molecule has 1 fully saturated rings. The Balaban J connectivity index is 2.12. The Bertz CT molecular complexity index is 965. The molecule has 1 N–H and O–H groups in total. The van der Waals surface area contributed by atoms with Gasteiger partial charge in [-0.2, -0.15) is 9.46 Å². The van der Waals surface area contributed by atoms with E-state index in [9.17, 15) is 14.1 Å². The number of ether oxygens (including phenoxy) is 1. The van der Waals surface area contributed by atoms with Gasteiger partial charge in [0.2, 0.25) is 11.7 Å². The summed E-state index contributed by atoms with van der Waals surface area (Å²) in [5.41, 5.74) is 0.399. The largest absolute Gasteiger partial charge is 0.494 e. The number of ketones is 1. The Morgan fingerprint density at radius 3 is 2.58 bits per heavy atom. The normalized spacial score (nSPS) is 16.3. The van der Waals surface area contributed by atoms with Crippen molar-refractivity contribution < 1.29 is 18.8 Å². The van der Waals surface area contributed by atoms with Crippen LogP contribution in [0.25, 0.3) is 0 Å². The molecule has 0 aliphatic carbocycles. The van der Waals surface area contributed by atoms with Gasteiger partial charge in [0.15, 0.2) is 0 Å². The molecule has 3 rings (SSSR count). The van der Waals surface area contributed by atoms with Crippen LogP contribution >= 0.6 is 11.6 Å². The number of nitrogens with zero attached hydrogens (tertiary/aromatic N) is 3. The van der Waals surface area contributed by atoms with Crippen LogP contribution in [0.1, 0.15) is 35.2 Å². The van der Waals surface area contributed by atoms with Crippen molar-refractivity contribution in [3.05, 3.63) is 34.5 Å². The standard InChI is InChI=1S/C17H20ClN3O4S/c1-21-17(23)12(10-19-21)16(22)11-6-7-13(25-2)15(14(11)18)20-26(24)8-4-3-5-9-26/h6-7,10,23H,3-5,8-9H2,1-2H3. The van der Waals surface area contributed by atoms with Crippen LogP contribution in [0.2, 0.25) is 5.02 Å². The molecular weight excluding hydrogens is 378 g/mol. The minimum Gasteiger partial charge on any atom is -0.494 e. The Kier molecular flexibility index (Phi) is 5.24. The quantitative estimate of drug-likeness (QED) is 0.799. The van der Waals surface area contributed by atoms with Gasteiger partial charge in [-0.1, -0.05) is 18.0 Å². The number of hydrogen-bond donors (Lipinski definition) is 1. The molecule has 0 radical (unpaired) electrons. The van der Waals surface area contributed by atoms with E-state index in [2.05, 4.69) is 9.46 Å². The maximum atomic E-state index is 13.0. The van der Waals surface area contributed by atoms with E-state index in [0.717, 1.165) is 19.3 Å². The monoisotopic (exact) mass is 397 g/mol. The van der Waals surface area contributed by atoms with Gasteiger partial charge in [-0.05, 0) is 25.0 Å². The number of hydrogen-bond acceptors (Lipinski definition) is 6. The van der Waals surface area contributed by atoms with E-state index in [1.807, 2.05) is 0 Å². The maximum absolute atomic E-state index is 13.0. The van der Waals surface area contributed by atoms with Crippen LogP contribution < -0.4 is 4.74 Å². The highest BCUT2D eigenvalue weighted by molar-refractivity contribution is 7.93. The zero-order valence-electron chi connectivity index (χ0n) is 14.6. The zero-order valence-corrected chi connectivity index (χ0v) is 16.1. The molecule has 2 aromatic rings. The first kappa shape index (κ1) is 18.7. The Labute approximate surface area is 157 Å². The molecule has 0 amide bonds. The SMILES string of the molecule is COc1ccc(C(=O)c2cnn(C)c2O)c(Cl)c1N=S1(=O)CCCCC1. The molecule has 1 aromatic carbocycles. The third-order valence-corrected chi connectivity index (χ3v) is 7.13. The van der Waals surface area contributed by atoms with Gasteiger partial charge in [-0.15, -0.1) is 0 Å². The van der Waals surface area contributed by atoms with E-state index in [-0.39, 0.29) is 27.7 Å². The predicted molar refractivity (Wildman–Crippen MR) is 100 cm³/mol. The average molecular weight is 398 g/mol. The summed E-state index contributed by atoms with van der Waals surface area (Å²) in [6, 6.07) is 3.07. The first-order chi connectivity index (χ1) is 12.4. The van der Waals surface area contributed by atoms with Crippen molar-refractivity contribution in [2.24, 2.45) is 11.4 Å². The summed E-state index contributed by atoms with van der Waals surface area (Å²) in [6.07, 6.45) is 4.02. The third kappa shape index (κ3) is 3.43. The summed E-state index contributed by atoms with van der Waals surface area (Å²) >= 11 is 6.45. The molecule has 0 spiro atoms. The highest BCUT2D eigenvalue weighted by Crippen LogP contribution is 2.40. The van der Waals surface area contributed by atoms with Crippen LogP contribution in [-0.4, -0.2) is 43.5 Å². The van der Waals surface area contributed by atoms with Crippen LogP contribution in [0.3, 0.4) is 0 Å². The fraction of sp³-hybridized carbons (Fsp3) is 0.412. The lowest BCUT2D eigenvalue weighted by Crippen LogP contribution is -2.16. The van der Waals surface area contributed by atoms with Gasteiger partial charge in [-0.25, -0.2) is 8.89 Å². The van der Waals surface area contributed by atoms with Gasteiger partial charge in [0.1, 0.15) is 17.0 Å². The first-order valence-electron chi connectivity index (χ1n) is 8.21. The van der Waals surface area contributed by atoms with Gasteiger partial charge in [0, 0.05) is 24.1 Å². The molecule has 0 bridgehead atoms. The van der Waals surface area contributed by atoms with Crippen molar-refractivity contribution in [2.45, 2.75) is 19.3 Å². The van der Waals surface area contributed by atoms with E-state index in [0.29, 0.717) is 17.3 Å². The summed E-state index contributed by atoms with van der Waals surface area (Å²) in [6.45, 7) is 0. The lowest BCUT2D eigenvalue weighted by atomic mass is 10.0. The van der Waals surface area contributed by atoms with Gasteiger partial charge in [0.25, 0.3) is 0 Å². The zero-order chi connectivity index (χ0) is 18.9. The molecule has 0 unspecified atom stereocenters. The van der Waals surface area contributed by atoms with Crippen molar-refractivity contribution in [2.75, 3.05) is 18.6 Å². The molecule has 1 saturated heterocycles. The second-order valence-electron chi connectivity index (χ2n) is 6.15. The summed E-state index contributed by atoms with van der Waals surface area (Å²) in [4.78, 5) is 12.8. The smallest absolute Gasteiger partial charge is 0.220 e. The summed E-state index contributed by atoms with van der Waals surface area (Å²) in [5.74, 6) is 0.634. The number of aromatic nitrogens is 2. The van der Waals surface area contributed by atoms with Gasteiger partial charge >= 0.3 is 0 Å². The molecule has 0 atom stereocenters. The second-order valence-corrected chi connectivity index (χ2v) is 9.07. The summed E-state index contributed by atoms with van der Waals surface area (Å²) in [5, 5.41) is 13.9. The fourth-order valence-corrected chi connectivity index (χ4v) is 5.45. The van der Waals surface area contributed by atoms with Gasteiger partial charge < -0.3 is 9.84 Å². The van der Waals surface area contributed by atoms with Crippen LogP contribution in [-0.2, 0) is 16.8 Å². The van der Waals surface area contributed by atoms with Gasteiger partial charge in [-0.3, -0.25) is 4.79 Å². The van der Waals surface area contributed by atoms with E-state index in [1.54, 1.807) is 6.07 Å². The molecule has 1 aromatic heterocycles. The number of carbonyl (C=O) groups is 1. The highest BCUT2D eigenvalue weighted by atomic mass is 35.5. The second kappa shape index (κ2) is 7.28. The van der Waals surface area contributed by atoms with Crippen molar-refractivity contribution in [1.29, 1.82) is 0 Å². The number of benzene rings is 1. The van der Waals surface area contributed by atoms with Crippen molar-refractivity contribution in [1.82, 2.24) is 9.78 Å². The van der Waals surface area contributed by atoms with E-state index in [4.69, 9.17) is 16.3 Å². The van der Waals surface area contributed by atoms with Crippen LogP contribution in [0.15, 0.2) is 22.7 Å². The van der Waals surface area contributed by atoms with E-state index in [1.165, 1.54) is 31.1 Å². The Hall–Kier alpha value is -2.06. The molecule has 0 saturated carbocycles. The molecule has 1 aliphatic heterocycles. The number of aromatic hydroxyl groups is 1. The van der Waals surface area contributed by atoms with Crippen molar-refractivity contribution in [3.63, 3.8) is 0 Å². The molecular formula is C17H20ClN3O4S. The van der Waals surface area contributed by atoms with E-state index < -0.39 is 15.5 Å². The van der Waals surface area contributed by atoms with Crippen LogP contribution in [0.4, 0.5) is 5.69 Å². The summed E-state index contributed by atoms with van der Waals surface area (Å²) in [7, 11) is 0.563. The minimum absolute atomic E-state index is 0.0346. The molecule has 7 nitrogen and oxygen atoms in total. The fourth-order valence-electron chi connectivity index (χ4n) is 2.90. The number of rotatable bonds is 4. The molecule has 26 heavy (non-hydrogen) atoms. The maximum Gasteiger partial charge on any atom is 0.220 e. The van der Waals surface area contributed by atoms with Gasteiger partial charge in [0.05, 0.1) is 28.1 Å². The first-order valence-corrected chi connectivity index (χ1v) is 10.4. The topological polar surface area (TPSA) is 93.8 Å². The van der Waals surface area contributed by atoms with Crippen molar-refractivity contribution in [3.8, 4) is 11.6 Å². The minimum atomic E-state index is -2.43. The third-order valence-electron chi connectivity index (χ3n) is 4.38. The molecule has 140 valence electrons. The van der Waals surface area contributed by atoms with Crippen LogP contribution in [0.5, 0.6) is 11.6 Å². The van der Waals surface area contributed by atoms with Crippen LogP contribution in [0, 0.1) is 0 Å². The summed E-state index contributed by atoms with van der Waals surface area (Å²) < 4.78 is 23.9. The molecule has 9 heteroatoms. The van der Waals surface area contributed by atoms with E-state index >= 15 is 0 Å². The average Bonchev–Trinajstić information content (AvgIpc) is 2.96. The number of methoxy groups -OCH3 is 1. The Morgan fingerprint density at radius 2 is 2.00 bits per heavy atom.